The maximum Gasteiger partial charge on any atom is 0.0445 e. The van der Waals surface area contributed by atoms with Crippen LogP contribution < -0.4 is 0 Å². The van der Waals surface area contributed by atoms with Gasteiger partial charge in [0.1, 0.15) is 0 Å². The van der Waals surface area contributed by atoms with E-state index in [2.05, 4.69) is 53.1 Å². The van der Waals surface area contributed by atoms with Crippen LogP contribution in [0, 0.1) is 11.3 Å². The molecule has 0 saturated carbocycles. The Labute approximate surface area is 91.8 Å². The van der Waals surface area contributed by atoms with Crippen LogP contribution in [0.4, 0.5) is 0 Å². The van der Waals surface area contributed by atoms with Gasteiger partial charge in [-0.05, 0) is 24.2 Å². The van der Waals surface area contributed by atoms with E-state index in [0.717, 1.165) is 5.92 Å². The van der Waals surface area contributed by atoms with Crippen LogP contribution in [0.5, 0.6) is 0 Å². The summed E-state index contributed by atoms with van der Waals surface area (Å²) in [5, 5.41) is 0. The van der Waals surface area contributed by atoms with Crippen LogP contribution in [0.1, 0.15) is 33.6 Å². The zero-order valence-electron chi connectivity index (χ0n) is 11.0. The van der Waals surface area contributed by atoms with E-state index in [1.165, 1.54) is 18.9 Å². The molecule has 0 rings (SSSR count). The molecular formula is C13H28Si. The lowest BCUT2D eigenvalue weighted by Crippen LogP contribution is -2.26. The van der Waals surface area contributed by atoms with Crippen molar-refractivity contribution in [3.8, 4) is 0 Å². The molecule has 1 atom stereocenters. The third-order valence-corrected chi connectivity index (χ3v) is 4.10. The summed E-state index contributed by atoms with van der Waals surface area (Å²) in [6.07, 6.45) is 4.63. The van der Waals surface area contributed by atoms with Crippen molar-refractivity contribution < 1.29 is 0 Å². The SMILES string of the molecule is C=CCC(CC(C)(C)C)C[Si](C)(C)C. The minimum Gasteiger partial charge on any atom is -0.103 e. The molecule has 0 aliphatic rings. The normalized spacial score (nSPS) is 15.3. The van der Waals surface area contributed by atoms with E-state index in [9.17, 15) is 0 Å². The van der Waals surface area contributed by atoms with E-state index in [1.807, 2.05) is 0 Å². The lowest BCUT2D eigenvalue weighted by atomic mass is 9.84. The van der Waals surface area contributed by atoms with Gasteiger partial charge in [0.25, 0.3) is 0 Å². The maximum atomic E-state index is 3.88. The minimum absolute atomic E-state index is 0.466. The Morgan fingerprint density at radius 1 is 1.21 bits per heavy atom. The Hall–Kier alpha value is -0.0431. The molecule has 0 bridgehead atoms. The van der Waals surface area contributed by atoms with Crippen LogP contribution in [0.2, 0.25) is 25.7 Å². The van der Waals surface area contributed by atoms with Crippen molar-refractivity contribution in [1.29, 1.82) is 0 Å². The van der Waals surface area contributed by atoms with Crippen LogP contribution in [0.25, 0.3) is 0 Å². The van der Waals surface area contributed by atoms with Crippen molar-refractivity contribution in [1.82, 2.24) is 0 Å². The predicted octanol–water partition coefficient (Wildman–Crippen LogP) is 4.95. The summed E-state index contributed by atoms with van der Waals surface area (Å²) in [6, 6.07) is 1.44. The van der Waals surface area contributed by atoms with Crippen molar-refractivity contribution in [3.63, 3.8) is 0 Å². The molecule has 1 heteroatoms. The van der Waals surface area contributed by atoms with Crippen molar-refractivity contribution in [2.45, 2.75) is 59.3 Å². The van der Waals surface area contributed by atoms with Crippen molar-refractivity contribution in [2.24, 2.45) is 11.3 Å². The number of hydrogen-bond acceptors (Lipinski definition) is 0. The summed E-state index contributed by atoms with van der Waals surface area (Å²) in [5.41, 5.74) is 0.466. The van der Waals surface area contributed by atoms with Gasteiger partial charge in [-0.1, -0.05) is 52.5 Å². The molecule has 0 fully saturated rings. The van der Waals surface area contributed by atoms with Crippen LogP contribution in [-0.2, 0) is 0 Å². The van der Waals surface area contributed by atoms with Gasteiger partial charge >= 0.3 is 0 Å². The van der Waals surface area contributed by atoms with Crippen molar-refractivity contribution in [3.05, 3.63) is 12.7 Å². The molecule has 0 radical (unpaired) electrons. The van der Waals surface area contributed by atoms with Gasteiger partial charge in [0, 0.05) is 8.07 Å². The summed E-state index contributed by atoms with van der Waals surface area (Å²) < 4.78 is 0. The van der Waals surface area contributed by atoms with E-state index in [-0.39, 0.29) is 0 Å². The Morgan fingerprint density at radius 2 is 1.71 bits per heavy atom. The molecule has 0 spiro atoms. The van der Waals surface area contributed by atoms with Gasteiger partial charge in [0.05, 0.1) is 0 Å². The van der Waals surface area contributed by atoms with Crippen molar-refractivity contribution in [2.75, 3.05) is 0 Å². The third kappa shape index (κ3) is 8.55. The minimum atomic E-state index is -0.905. The highest BCUT2D eigenvalue weighted by molar-refractivity contribution is 6.76. The fourth-order valence-corrected chi connectivity index (χ4v) is 4.25. The highest BCUT2D eigenvalue weighted by atomic mass is 28.3. The maximum absolute atomic E-state index is 3.88. The standard InChI is InChI=1S/C13H28Si/c1-8-9-12(10-13(2,3)4)11-14(5,6)7/h8,12H,1,9-11H2,2-7H3. The van der Waals surface area contributed by atoms with Gasteiger partial charge in [0.15, 0.2) is 0 Å². The van der Waals surface area contributed by atoms with E-state index in [4.69, 9.17) is 0 Å². The molecule has 0 aliphatic heterocycles. The fraction of sp³-hybridized carbons (Fsp3) is 0.846. The van der Waals surface area contributed by atoms with Crippen molar-refractivity contribution >= 4 is 8.07 Å². The predicted molar refractivity (Wildman–Crippen MR) is 70.5 cm³/mol. The van der Waals surface area contributed by atoms with E-state index in [1.54, 1.807) is 0 Å². The Kier molecular flexibility index (Phi) is 5.14. The van der Waals surface area contributed by atoms with Crippen LogP contribution >= 0.6 is 0 Å². The highest BCUT2D eigenvalue weighted by Crippen LogP contribution is 2.32. The molecule has 0 saturated heterocycles. The molecule has 0 N–H and O–H groups in total. The van der Waals surface area contributed by atoms with E-state index < -0.39 is 8.07 Å². The largest absolute Gasteiger partial charge is 0.103 e. The lowest BCUT2D eigenvalue weighted by molar-refractivity contribution is 0.307. The average Bonchev–Trinajstić information content (AvgIpc) is 1.78. The van der Waals surface area contributed by atoms with Gasteiger partial charge in [0.2, 0.25) is 0 Å². The van der Waals surface area contributed by atoms with E-state index in [0.29, 0.717) is 5.41 Å². The molecule has 0 aliphatic carbocycles. The Bertz CT molecular complexity index is 153. The Morgan fingerprint density at radius 3 is 2.00 bits per heavy atom. The van der Waals surface area contributed by atoms with E-state index >= 15 is 0 Å². The second kappa shape index (κ2) is 5.15. The van der Waals surface area contributed by atoms with Gasteiger partial charge in [-0.15, -0.1) is 6.58 Å². The van der Waals surface area contributed by atoms with Crippen LogP contribution in [0.3, 0.4) is 0 Å². The van der Waals surface area contributed by atoms with Gasteiger partial charge in [-0.3, -0.25) is 0 Å². The first-order chi connectivity index (χ1) is 6.14. The van der Waals surface area contributed by atoms with Gasteiger partial charge in [-0.2, -0.15) is 0 Å². The first-order valence-corrected chi connectivity index (χ1v) is 9.46. The van der Waals surface area contributed by atoms with Crippen LogP contribution in [-0.4, -0.2) is 8.07 Å². The smallest absolute Gasteiger partial charge is 0.0445 e. The lowest BCUT2D eigenvalue weighted by Gasteiger charge is -2.29. The third-order valence-electron chi connectivity index (χ3n) is 2.30. The zero-order chi connectivity index (χ0) is 11.4. The summed E-state index contributed by atoms with van der Waals surface area (Å²) in [4.78, 5) is 0. The molecule has 0 aromatic rings. The number of hydrogen-bond donors (Lipinski definition) is 0. The van der Waals surface area contributed by atoms with Crippen LogP contribution in [0.15, 0.2) is 12.7 Å². The monoisotopic (exact) mass is 212 g/mol. The summed E-state index contributed by atoms with van der Waals surface area (Å²) in [5.74, 6) is 0.860. The molecule has 84 valence electrons. The topological polar surface area (TPSA) is 0 Å². The molecule has 0 amide bonds. The molecule has 0 aromatic carbocycles. The Balaban J connectivity index is 4.23. The number of allylic oxidation sites excluding steroid dienone is 1. The molecule has 1 unspecified atom stereocenters. The van der Waals surface area contributed by atoms with Gasteiger partial charge < -0.3 is 0 Å². The first-order valence-electron chi connectivity index (χ1n) is 5.75. The average molecular weight is 212 g/mol. The second-order valence-corrected chi connectivity index (χ2v) is 12.4. The molecule has 0 nitrogen and oxygen atoms in total. The highest BCUT2D eigenvalue weighted by Gasteiger charge is 2.23. The zero-order valence-corrected chi connectivity index (χ0v) is 12.0. The summed E-state index contributed by atoms with van der Waals surface area (Å²) in [7, 11) is -0.905. The summed E-state index contributed by atoms with van der Waals surface area (Å²) >= 11 is 0. The quantitative estimate of drug-likeness (QED) is 0.447. The number of rotatable bonds is 5. The molecule has 0 aromatic heterocycles. The summed E-state index contributed by atoms with van der Waals surface area (Å²) in [6.45, 7) is 18.3. The molecular weight excluding hydrogens is 184 g/mol. The fourth-order valence-electron chi connectivity index (χ4n) is 2.21. The molecule has 14 heavy (non-hydrogen) atoms. The second-order valence-electron chi connectivity index (χ2n) is 6.92. The first kappa shape index (κ1) is 14.0. The molecule has 0 heterocycles. The van der Waals surface area contributed by atoms with Gasteiger partial charge in [-0.25, -0.2) is 0 Å².